The van der Waals surface area contributed by atoms with E-state index in [0.29, 0.717) is 6.61 Å². The van der Waals surface area contributed by atoms with Crippen molar-refractivity contribution in [1.82, 2.24) is 0 Å². The van der Waals surface area contributed by atoms with E-state index in [4.69, 9.17) is 63.4 Å². The maximum Gasteiger partial charge on any atom is 0.338 e. The molecule has 0 radical (unpaired) electrons. The Balaban J connectivity index is 1.99. The van der Waals surface area contributed by atoms with Gasteiger partial charge in [0.15, 0.2) is 0 Å². The SMILES string of the molecule is CCCCCCCCCCOc1ccc(N(C)C(=S)c2c(Cl)c(Cl)c(Cl)c(Cl)c2C(=O)O)cc1. The molecule has 0 saturated heterocycles. The fourth-order valence-electron chi connectivity index (χ4n) is 3.51. The Labute approximate surface area is 227 Å². The van der Waals surface area contributed by atoms with E-state index in [1.807, 2.05) is 24.3 Å². The zero-order valence-electron chi connectivity index (χ0n) is 19.3. The van der Waals surface area contributed by atoms with Crippen molar-refractivity contribution in [1.29, 1.82) is 0 Å². The van der Waals surface area contributed by atoms with Crippen molar-refractivity contribution in [3.8, 4) is 5.75 Å². The van der Waals surface area contributed by atoms with Crippen LogP contribution in [0.2, 0.25) is 20.1 Å². The average molecular weight is 565 g/mol. The van der Waals surface area contributed by atoms with Crippen LogP contribution in [0.3, 0.4) is 0 Å². The van der Waals surface area contributed by atoms with Gasteiger partial charge in [0.1, 0.15) is 10.7 Å². The van der Waals surface area contributed by atoms with Gasteiger partial charge in [-0.25, -0.2) is 4.79 Å². The number of aromatic carboxylic acids is 1. The first-order valence-electron chi connectivity index (χ1n) is 11.3. The van der Waals surface area contributed by atoms with Gasteiger partial charge < -0.3 is 14.7 Å². The first-order valence-corrected chi connectivity index (χ1v) is 13.2. The third-order valence-electron chi connectivity index (χ3n) is 5.49. The lowest BCUT2D eigenvalue weighted by molar-refractivity contribution is 0.0697. The first kappa shape index (κ1) is 29.0. The van der Waals surface area contributed by atoms with Crippen molar-refractivity contribution >= 4 is 75.3 Å². The third-order valence-corrected chi connectivity index (χ3v) is 7.77. The molecule has 4 nitrogen and oxygen atoms in total. The molecule has 2 aromatic rings. The van der Waals surface area contributed by atoms with Crippen molar-refractivity contribution in [2.45, 2.75) is 58.3 Å². The molecule has 0 atom stereocenters. The normalized spacial score (nSPS) is 10.9. The van der Waals surface area contributed by atoms with Crippen molar-refractivity contribution in [2.24, 2.45) is 0 Å². The molecule has 34 heavy (non-hydrogen) atoms. The smallest absolute Gasteiger partial charge is 0.338 e. The molecular formula is C25H29Cl4NO3S. The Morgan fingerprint density at radius 3 is 1.88 bits per heavy atom. The number of hydrogen-bond acceptors (Lipinski definition) is 3. The number of carboxylic acid groups (broad SMARTS) is 1. The molecule has 0 fully saturated rings. The Morgan fingerprint density at radius 1 is 0.853 bits per heavy atom. The van der Waals surface area contributed by atoms with Crippen LogP contribution in [-0.4, -0.2) is 29.7 Å². The quantitative estimate of drug-likeness (QED) is 0.114. The zero-order valence-corrected chi connectivity index (χ0v) is 23.1. The van der Waals surface area contributed by atoms with Crippen molar-refractivity contribution < 1.29 is 14.6 Å². The predicted molar refractivity (Wildman–Crippen MR) is 148 cm³/mol. The monoisotopic (exact) mass is 563 g/mol. The van der Waals surface area contributed by atoms with Crippen molar-refractivity contribution in [3.05, 3.63) is 55.5 Å². The van der Waals surface area contributed by atoms with Gasteiger partial charge in [-0.3, -0.25) is 0 Å². The van der Waals surface area contributed by atoms with E-state index in [9.17, 15) is 9.90 Å². The molecule has 0 unspecified atom stereocenters. The summed E-state index contributed by atoms with van der Waals surface area (Å²) in [4.78, 5) is 13.6. The van der Waals surface area contributed by atoms with E-state index in [2.05, 4.69) is 6.92 Å². The summed E-state index contributed by atoms with van der Waals surface area (Å²) < 4.78 is 5.85. The molecule has 2 aromatic carbocycles. The molecule has 0 spiro atoms. The highest BCUT2D eigenvalue weighted by atomic mass is 35.5. The third kappa shape index (κ3) is 7.63. The van der Waals surface area contributed by atoms with Crippen LogP contribution in [0.4, 0.5) is 5.69 Å². The molecule has 0 saturated carbocycles. The number of rotatable bonds is 13. The number of benzene rings is 2. The van der Waals surface area contributed by atoms with Gasteiger partial charge in [-0.2, -0.15) is 0 Å². The summed E-state index contributed by atoms with van der Waals surface area (Å²) in [5, 5.41) is 9.23. The first-order chi connectivity index (χ1) is 16.2. The summed E-state index contributed by atoms with van der Waals surface area (Å²) in [5.74, 6) is -0.547. The number of carboxylic acids is 1. The highest BCUT2D eigenvalue weighted by molar-refractivity contribution is 7.81. The fraction of sp³-hybridized carbons (Fsp3) is 0.440. The summed E-state index contributed by atoms with van der Waals surface area (Å²) in [6.07, 6.45) is 9.97. The van der Waals surface area contributed by atoms with E-state index in [-0.39, 0.29) is 36.2 Å². The maximum atomic E-state index is 11.9. The van der Waals surface area contributed by atoms with Crippen LogP contribution in [0.5, 0.6) is 5.75 Å². The highest BCUT2D eigenvalue weighted by Crippen LogP contribution is 2.42. The van der Waals surface area contributed by atoms with Crippen molar-refractivity contribution in [2.75, 3.05) is 18.6 Å². The van der Waals surface area contributed by atoms with Gasteiger partial charge >= 0.3 is 5.97 Å². The fourth-order valence-corrected chi connectivity index (χ4v) is 4.90. The summed E-state index contributed by atoms with van der Waals surface area (Å²) in [5.41, 5.74) is 0.475. The number of hydrogen-bond donors (Lipinski definition) is 1. The number of halogens is 4. The lowest BCUT2D eigenvalue weighted by atomic mass is 10.1. The molecule has 9 heteroatoms. The number of anilines is 1. The number of carbonyl (C=O) groups is 1. The largest absolute Gasteiger partial charge is 0.494 e. The van der Waals surface area contributed by atoms with Gasteiger partial charge in [0.2, 0.25) is 0 Å². The number of nitrogens with zero attached hydrogens (tertiary/aromatic N) is 1. The maximum absolute atomic E-state index is 11.9. The summed E-state index contributed by atoms with van der Waals surface area (Å²) in [6.45, 7) is 2.90. The number of ether oxygens (including phenoxy) is 1. The van der Waals surface area contributed by atoms with Crippen molar-refractivity contribution in [3.63, 3.8) is 0 Å². The second kappa shape index (κ2) is 14.4. The minimum absolute atomic E-state index is 0.0427. The molecule has 0 amide bonds. The summed E-state index contributed by atoms with van der Waals surface area (Å²) in [7, 11) is 1.71. The molecule has 0 aliphatic heterocycles. The van der Waals surface area contributed by atoms with E-state index in [0.717, 1.165) is 17.9 Å². The Kier molecular flexibility index (Phi) is 12.2. The Morgan fingerprint density at radius 2 is 1.35 bits per heavy atom. The topological polar surface area (TPSA) is 49.8 Å². The van der Waals surface area contributed by atoms with Gasteiger partial charge in [-0.05, 0) is 30.7 Å². The molecule has 0 bridgehead atoms. The second-order valence-electron chi connectivity index (χ2n) is 7.99. The minimum atomic E-state index is -1.30. The lowest BCUT2D eigenvalue weighted by Crippen LogP contribution is -2.27. The molecule has 186 valence electrons. The lowest BCUT2D eigenvalue weighted by Gasteiger charge is -2.23. The van der Waals surface area contributed by atoms with Crippen LogP contribution in [0.25, 0.3) is 0 Å². The van der Waals surface area contributed by atoms with E-state index >= 15 is 0 Å². The Bertz CT molecular complexity index is 999. The average Bonchev–Trinajstić information content (AvgIpc) is 2.83. The number of unbranched alkanes of at least 4 members (excludes halogenated alkanes) is 7. The van der Waals surface area contributed by atoms with Gasteiger partial charge in [0.05, 0.1) is 32.3 Å². The molecular weight excluding hydrogens is 536 g/mol. The second-order valence-corrected chi connectivity index (χ2v) is 9.89. The molecule has 0 aromatic heterocycles. The van der Waals surface area contributed by atoms with E-state index < -0.39 is 5.97 Å². The van der Waals surface area contributed by atoms with Gasteiger partial charge in [-0.1, -0.05) is 110 Å². The van der Waals surface area contributed by atoms with Crippen LogP contribution in [-0.2, 0) is 0 Å². The summed E-state index contributed by atoms with van der Waals surface area (Å²) in [6, 6.07) is 7.37. The zero-order chi connectivity index (χ0) is 25.3. The molecule has 2 rings (SSSR count). The van der Waals surface area contributed by atoms with Gasteiger partial charge in [-0.15, -0.1) is 0 Å². The molecule has 0 aliphatic rings. The number of thiocarbonyl (C=S) groups is 1. The molecule has 0 heterocycles. The van der Waals surface area contributed by atoms with E-state index in [1.54, 1.807) is 11.9 Å². The highest BCUT2D eigenvalue weighted by Gasteiger charge is 2.28. The summed E-state index contributed by atoms with van der Waals surface area (Å²) >= 11 is 30.2. The predicted octanol–water partition coefficient (Wildman–Crippen LogP) is 9.33. The van der Waals surface area contributed by atoms with Crippen LogP contribution in [0.1, 0.15) is 74.2 Å². The Hall–Kier alpha value is -1.24. The van der Waals surface area contributed by atoms with Crippen LogP contribution >= 0.6 is 58.6 Å². The van der Waals surface area contributed by atoms with Crippen LogP contribution in [0.15, 0.2) is 24.3 Å². The van der Waals surface area contributed by atoms with Crippen LogP contribution < -0.4 is 9.64 Å². The van der Waals surface area contributed by atoms with E-state index in [1.165, 1.54) is 44.9 Å². The van der Waals surface area contributed by atoms with Gasteiger partial charge in [0, 0.05) is 18.3 Å². The minimum Gasteiger partial charge on any atom is -0.494 e. The molecule has 1 N–H and O–H groups in total. The van der Waals surface area contributed by atoms with Gasteiger partial charge in [0.25, 0.3) is 0 Å². The van der Waals surface area contributed by atoms with Crippen LogP contribution in [0, 0.1) is 0 Å². The molecule has 0 aliphatic carbocycles. The standard InChI is InChI=1S/C25H29Cl4NO3S/c1-3-4-5-6-7-8-9-10-15-33-17-13-11-16(12-14-17)30(2)24(34)18-19(25(31)32)21(27)23(29)22(28)20(18)26/h11-14H,3-10,15H2,1-2H3,(H,31,32).